The summed E-state index contributed by atoms with van der Waals surface area (Å²) in [5.41, 5.74) is 2.39. The van der Waals surface area contributed by atoms with E-state index in [-0.39, 0.29) is 6.04 Å². The summed E-state index contributed by atoms with van der Waals surface area (Å²) in [6.07, 6.45) is 2.28. The molecule has 4 nitrogen and oxygen atoms in total. The van der Waals surface area contributed by atoms with Crippen LogP contribution in [0.1, 0.15) is 30.9 Å². The van der Waals surface area contributed by atoms with Crippen LogP contribution in [-0.4, -0.2) is 40.9 Å². The maximum Gasteiger partial charge on any atom is 0.239 e. The molecule has 2 saturated heterocycles. The Morgan fingerprint density at radius 3 is 2.58 bits per heavy atom. The van der Waals surface area contributed by atoms with Gasteiger partial charge in [0.15, 0.2) is 0 Å². The zero-order valence-corrected chi connectivity index (χ0v) is 15.3. The van der Waals surface area contributed by atoms with E-state index in [0.717, 1.165) is 38.2 Å². The van der Waals surface area contributed by atoms with Crippen LogP contribution in [0.15, 0.2) is 54.6 Å². The Kier molecular flexibility index (Phi) is 4.93. The molecule has 0 spiro atoms. The Labute approximate surface area is 155 Å². The molecule has 0 bridgehead atoms. The minimum atomic E-state index is -0.0293. The van der Waals surface area contributed by atoms with Crippen LogP contribution in [0.2, 0.25) is 0 Å². The summed E-state index contributed by atoms with van der Waals surface area (Å²) in [7, 11) is 0. The average molecular weight is 350 g/mol. The number of ether oxygens (including phenoxy) is 1. The van der Waals surface area contributed by atoms with E-state index in [4.69, 9.17) is 4.74 Å². The molecule has 2 aromatic carbocycles. The lowest BCUT2D eigenvalue weighted by Crippen LogP contribution is -2.58. The molecule has 2 heterocycles. The van der Waals surface area contributed by atoms with Gasteiger partial charge in [0.25, 0.3) is 0 Å². The first-order valence-corrected chi connectivity index (χ1v) is 9.51. The number of piperazine rings is 1. The topological polar surface area (TPSA) is 32.8 Å². The third-order valence-electron chi connectivity index (χ3n) is 5.57. The molecule has 0 unspecified atom stereocenters. The minimum absolute atomic E-state index is 0.0293. The van der Waals surface area contributed by atoms with Crippen LogP contribution >= 0.6 is 0 Å². The third kappa shape index (κ3) is 3.61. The van der Waals surface area contributed by atoms with Crippen LogP contribution in [-0.2, 0) is 17.9 Å². The molecule has 2 aliphatic heterocycles. The van der Waals surface area contributed by atoms with E-state index < -0.39 is 0 Å². The first kappa shape index (κ1) is 17.1. The van der Waals surface area contributed by atoms with Gasteiger partial charge in [-0.15, -0.1) is 0 Å². The van der Waals surface area contributed by atoms with Gasteiger partial charge in [0.2, 0.25) is 5.91 Å². The molecule has 0 aromatic heterocycles. The smallest absolute Gasteiger partial charge is 0.239 e. The number of benzene rings is 2. The van der Waals surface area contributed by atoms with Gasteiger partial charge in [0.1, 0.15) is 12.4 Å². The largest absolute Gasteiger partial charge is 0.489 e. The van der Waals surface area contributed by atoms with E-state index in [1.807, 2.05) is 37.3 Å². The van der Waals surface area contributed by atoms with Crippen molar-refractivity contribution < 1.29 is 9.53 Å². The maximum atomic E-state index is 12.5. The van der Waals surface area contributed by atoms with Gasteiger partial charge < -0.3 is 9.64 Å². The molecule has 2 fully saturated rings. The highest BCUT2D eigenvalue weighted by Gasteiger charge is 2.39. The Morgan fingerprint density at radius 2 is 1.81 bits per heavy atom. The number of hydrogen-bond donors (Lipinski definition) is 0. The van der Waals surface area contributed by atoms with E-state index in [9.17, 15) is 4.79 Å². The van der Waals surface area contributed by atoms with E-state index in [0.29, 0.717) is 18.6 Å². The molecular weight excluding hydrogens is 324 g/mol. The summed E-state index contributed by atoms with van der Waals surface area (Å²) < 4.78 is 5.86. The van der Waals surface area contributed by atoms with Crippen molar-refractivity contribution in [3.63, 3.8) is 0 Å². The quantitative estimate of drug-likeness (QED) is 0.828. The Hall–Kier alpha value is -2.33. The highest BCUT2D eigenvalue weighted by molar-refractivity contribution is 5.83. The van der Waals surface area contributed by atoms with E-state index >= 15 is 0 Å². The fourth-order valence-corrected chi connectivity index (χ4v) is 4.01. The van der Waals surface area contributed by atoms with Gasteiger partial charge in [-0.25, -0.2) is 0 Å². The van der Waals surface area contributed by atoms with Crippen LogP contribution in [0.3, 0.4) is 0 Å². The fourth-order valence-electron chi connectivity index (χ4n) is 4.01. The number of amides is 1. The number of carbonyl (C=O) groups excluding carboxylic acids is 1. The summed E-state index contributed by atoms with van der Waals surface area (Å²) in [5, 5.41) is 0. The van der Waals surface area contributed by atoms with Crippen LogP contribution in [0.4, 0.5) is 0 Å². The summed E-state index contributed by atoms with van der Waals surface area (Å²) in [6, 6.07) is 18.8. The molecule has 0 saturated carbocycles. The number of rotatable bonds is 5. The van der Waals surface area contributed by atoms with E-state index in [2.05, 4.69) is 34.1 Å². The van der Waals surface area contributed by atoms with Crippen molar-refractivity contribution in [1.82, 2.24) is 9.80 Å². The van der Waals surface area contributed by atoms with E-state index in [1.165, 1.54) is 11.1 Å². The van der Waals surface area contributed by atoms with Crippen LogP contribution in [0.25, 0.3) is 0 Å². The summed E-state index contributed by atoms with van der Waals surface area (Å²) in [6.45, 7) is 5.36. The van der Waals surface area contributed by atoms with Crippen molar-refractivity contribution in [3.05, 3.63) is 65.7 Å². The van der Waals surface area contributed by atoms with Gasteiger partial charge in [0.05, 0.1) is 6.04 Å². The molecule has 0 radical (unpaired) electrons. The molecule has 2 aliphatic rings. The average Bonchev–Trinajstić information content (AvgIpc) is 3.15. The van der Waals surface area contributed by atoms with Gasteiger partial charge in [-0.1, -0.05) is 42.5 Å². The molecule has 136 valence electrons. The zero-order valence-electron chi connectivity index (χ0n) is 15.3. The molecule has 4 rings (SSSR count). The number of nitrogens with zero attached hydrogens (tertiary/aromatic N) is 2. The zero-order chi connectivity index (χ0) is 17.9. The Bertz CT molecular complexity index is 744. The predicted octanol–water partition coefficient (Wildman–Crippen LogP) is 3.46. The molecule has 0 aliphatic carbocycles. The second-order valence-electron chi connectivity index (χ2n) is 7.35. The third-order valence-corrected chi connectivity index (χ3v) is 5.57. The van der Waals surface area contributed by atoms with Crippen molar-refractivity contribution in [2.75, 3.05) is 13.1 Å². The van der Waals surface area contributed by atoms with Crippen molar-refractivity contribution in [2.24, 2.45) is 0 Å². The number of fused-ring (bicyclic) bond motifs is 1. The first-order valence-electron chi connectivity index (χ1n) is 9.51. The first-order chi connectivity index (χ1) is 12.7. The van der Waals surface area contributed by atoms with E-state index in [1.54, 1.807) is 0 Å². The summed E-state index contributed by atoms with van der Waals surface area (Å²) in [5.74, 6) is 1.17. The van der Waals surface area contributed by atoms with Gasteiger partial charge in [-0.2, -0.15) is 0 Å². The maximum absolute atomic E-state index is 12.5. The van der Waals surface area contributed by atoms with Crippen LogP contribution in [0, 0.1) is 0 Å². The normalized spacial score (nSPS) is 23.1. The highest BCUT2D eigenvalue weighted by atomic mass is 16.5. The van der Waals surface area contributed by atoms with Crippen molar-refractivity contribution in [2.45, 2.75) is 45.0 Å². The minimum Gasteiger partial charge on any atom is -0.489 e. The fraction of sp³-hybridized carbons (Fsp3) is 0.409. The van der Waals surface area contributed by atoms with Gasteiger partial charge in [-0.05, 0) is 43.0 Å². The molecule has 26 heavy (non-hydrogen) atoms. The number of hydrogen-bond acceptors (Lipinski definition) is 3. The molecule has 2 aromatic rings. The highest BCUT2D eigenvalue weighted by Crippen LogP contribution is 2.27. The molecule has 1 amide bonds. The van der Waals surface area contributed by atoms with Crippen molar-refractivity contribution in [3.8, 4) is 5.75 Å². The Morgan fingerprint density at radius 1 is 1.04 bits per heavy atom. The Balaban J connectivity index is 1.36. The second kappa shape index (κ2) is 7.50. The van der Waals surface area contributed by atoms with Crippen LogP contribution in [0.5, 0.6) is 5.75 Å². The standard InChI is InChI=1S/C22H26N2O2/c1-17-22(25)24-13-5-8-20(24)15-23(17)14-18-9-11-21(12-10-18)26-16-19-6-3-2-4-7-19/h2-4,6-7,9-12,17,20H,5,8,13-16H2,1H3/t17-,20+/m1/s1. The predicted molar refractivity (Wildman–Crippen MR) is 102 cm³/mol. The lowest BCUT2D eigenvalue weighted by molar-refractivity contribution is -0.143. The summed E-state index contributed by atoms with van der Waals surface area (Å²) >= 11 is 0. The summed E-state index contributed by atoms with van der Waals surface area (Å²) in [4.78, 5) is 16.9. The molecule has 0 N–H and O–H groups in total. The lowest BCUT2D eigenvalue weighted by Gasteiger charge is -2.41. The number of carbonyl (C=O) groups is 1. The SMILES string of the molecule is C[C@@H]1C(=O)N2CCC[C@H]2CN1Cc1ccc(OCc2ccccc2)cc1. The van der Waals surface area contributed by atoms with Crippen LogP contribution < -0.4 is 4.74 Å². The second-order valence-corrected chi connectivity index (χ2v) is 7.35. The lowest BCUT2D eigenvalue weighted by atomic mass is 10.1. The van der Waals surface area contributed by atoms with Gasteiger partial charge in [0, 0.05) is 25.7 Å². The van der Waals surface area contributed by atoms with Crippen molar-refractivity contribution in [1.29, 1.82) is 0 Å². The molecule has 2 atom stereocenters. The monoisotopic (exact) mass is 350 g/mol. The van der Waals surface area contributed by atoms with Gasteiger partial charge >= 0.3 is 0 Å². The van der Waals surface area contributed by atoms with Gasteiger partial charge in [-0.3, -0.25) is 9.69 Å². The van der Waals surface area contributed by atoms with Crippen molar-refractivity contribution >= 4 is 5.91 Å². The molecule has 4 heteroatoms. The molecular formula is C22H26N2O2.